The average Bonchev–Trinajstić information content (AvgIpc) is 3.23. The number of unbranched alkanes of at least 4 members (excludes halogenated alkanes) is 15. The Bertz CT molecular complexity index is 1290. The number of ether oxygens (including phenoxy) is 3. The molecule has 8 heteroatoms. The van der Waals surface area contributed by atoms with E-state index >= 15 is 0 Å². The van der Waals surface area contributed by atoms with Crippen LogP contribution in [0.4, 0.5) is 0 Å². The van der Waals surface area contributed by atoms with Gasteiger partial charge < -0.3 is 28.6 Å². The number of likely N-dealkylation sites (N-methyl/N-ethyl adjacent to an activating group) is 1. The van der Waals surface area contributed by atoms with E-state index in [1.807, 2.05) is 12.2 Å². The molecule has 0 amide bonds. The maximum Gasteiger partial charge on any atom is 0.306 e. The van der Waals surface area contributed by atoms with E-state index in [1.165, 1.54) is 77.0 Å². The molecular formula is C54H91NO7. The number of hydrogen-bond donors (Lipinski definition) is 0. The van der Waals surface area contributed by atoms with Crippen LogP contribution in [0.3, 0.4) is 0 Å². The number of carbonyl (C=O) groups excluding carboxylic acids is 3. The quantitative estimate of drug-likeness (QED) is 0.0260. The van der Waals surface area contributed by atoms with Crippen LogP contribution in [0.1, 0.15) is 187 Å². The van der Waals surface area contributed by atoms with Crippen LogP contribution in [-0.4, -0.2) is 75.5 Å². The maximum atomic E-state index is 12.8. The Labute approximate surface area is 380 Å². The highest BCUT2D eigenvalue weighted by Crippen LogP contribution is 2.13. The van der Waals surface area contributed by atoms with E-state index in [0.717, 1.165) is 70.6 Å². The van der Waals surface area contributed by atoms with Gasteiger partial charge in [-0.3, -0.25) is 9.59 Å². The average molecular weight is 866 g/mol. The number of carbonyl (C=O) groups is 3. The van der Waals surface area contributed by atoms with Crippen LogP contribution in [0.25, 0.3) is 0 Å². The second-order valence-corrected chi connectivity index (χ2v) is 17.3. The number of rotatable bonds is 43. The Balaban J connectivity index is 4.38. The lowest BCUT2D eigenvalue weighted by Gasteiger charge is -2.34. The molecule has 0 saturated carbocycles. The van der Waals surface area contributed by atoms with Crippen LogP contribution in [0.2, 0.25) is 0 Å². The predicted octanol–water partition coefficient (Wildman–Crippen LogP) is 12.7. The minimum absolute atomic E-state index is 0.00987. The topological polar surface area (TPSA) is 102 Å². The fourth-order valence-corrected chi connectivity index (χ4v) is 6.74. The molecular weight excluding hydrogens is 775 g/mol. The number of nitrogens with zero attached hydrogens (tertiary/aromatic N) is 1. The molecule has 354 valence electrons. The second kappa shape index (κ2) is 44.1. The number of esters is 2. The van der Waals surface area contributed by atoms with Gasteiger partial charge in [0.25, 0.3) is 0 Å². The SMILES string of the molecule is CC/C=C/C/C=C/C/C=C/C/C=C/C/C=C/CCC(=O)OCC(COCCC(C(=O)[O-])[N+](C)(C)C)OC(=O)CCCCCCCCC/C=C/C/C=C/CCCCCCCCCC. The highest BCUT2D eigenvalue weighted by Gasteiger charge is 2.25. The summed E-state index contributed by atoms with van der Waals surface area (Å²) in [4.78, 5) is 36.9. The lowest BCUT2D eigenvalue weighted by molar-refractivity contribution is -0.889. The molecule has 0 aliphatic heterocycles. The molecule has 0 aromatic heterocycles. The molecule has 0 saturated heterocycles. The van der Waals surface area contributed by atoms with E-state index in [9.17, 15) is 19.5 Å². The number of carboxylic acids is 1. The molecule has 62 heavy (non-hydrogen) atoms. The second-order valence-electron chi connectivity index (χ2n) is 17.3. The van der Waals surface area contributed by atoms with Gasteiger partial charge in [-0.15, -0.1) is 0 Å². The molecule has 0 spiro atoms. The highest BCUT2D eigenvalue weighted by atomic mass is 16.6. The lowest BCUT2D eigenvalue weighted by Crippen LogP contribution is -2.55. The van der Waals surface area contributed by atoms with Crippen molar-refractivity contribution in [2.45, 2.75) is 199 Å². The van der Waals surface area contributed by atoms with Crippen molar-refractivity contribution in [2.75, 3.05) is 41.0 Å². The smallest absolute Gasteiger partial charge is 0.306 e. The molecule has 0 aromatic rings. The van der Waals surface area contributed by atoms with E-state index < -0.39 is 18.1 Å². The molecule has 8 nitrogen and oxygen atoms in total. The first-order chi connectivity index (χ1) is 30.1. The summed E-state index contributed by atoms with van der Waals surface area (Å²) in [5.41, 5.74) is 0. The Hall–Kier alpha value is -3.49. The van der Waals surface area contributed by atoms with Crippen molar-refractivity contribution in [3.05, 3.63) is 85.1 Å². The van der Waals surface area contributed by atoms with Gasteiger partial charge in [0.15, 0.2) is 6.10 Å². The Morgan fingerprint density at radius 1 is 0.500 bits per heavy atom. The minimum atomic E-state index is -1.14. The van der Waals surface area contributed by atoms with Gasteiger partial charge in [-0.2, -0.15) is 0 Å². The number of carboxylic acid groups (broad SMARTS) is 1. The van der Waals surface area contributed by atoms with Gasteiger partial charge in [-0.05, 0) is 77.0 Å². The van der Waals surface area contributed by atoms with Crippen molar-refractivity contribution in [3.63, 3.8) is 0 Å². The van der Waals surface area contributed by atoms with Crippen LogP contribution in [-0.2, 0) is 28.6 Å². The monoisotopic (exact) mass is 866 g/mol. The van der Waals surface area contributed by atoms with E-state index in [1.54, 1.807) is 21.1 Å². The van der Waals surface area contributed by atoms with Crippen molar-refractivity contribution in [3.8, 4) is 0 Å². The fourth-order valence-electron chi connectivity index (χ4n) is 6.74. The molecule has 0 N–H and O–H groups in total. The van der Waals surface area contributed by atoms with Crippen molar-refractivity contribution in [1.29, 1.82) is 0 Å². The van der Waals surface area contributed by atoms with E-state index in [4.69, 9.17) is 14.2 Å². The summed E-state index contributed by atoms with van der Waals surface area (Å²) in [6, 6.07) is -0.742. The Morgan fingerprint density at radius 3 is 1.40 bits per heavy atom. The first-order valence-corrected chi connectivity index (χ1v) is 24.6. The van der Waals surface area contributed by atoms with Crippen LogP contribution >= 0.6 is 0 Å². The fraction of sp³-hybridized carbons (Fsp3) is 0.685. The Morgan fingerprint density at radius 2 is 0.935 bits per heavy atom. The summed E-state index contributed by atoms with van der Waals surface area (Å²) in [5, 5.41) is 11.6. The highest BCUT2D eigenvalue weighted by molar-refractivity contribution is 5.70. The zero-order chi connectivity index (χ0) is 45.6. The summed E-state index contributed by atoms with van der Waals surface area (Å²) in [5.74, 6) is -1.86. The van der Waals surface area contributed by atoms with Crippen LogP contribution < -0.4 is 5.11 Å². The summed E-state index contributed by atoms with van der Waals surface area (Å²) in [6.07, 6.45) is 57.7. The van der Waals surface area contributed by atoms with Gasteiger partial charge in [0, 0.05) is 19.3 Å². The third-order valence-corrected chi connectivity index (χ3v) is 10.5. The minimum Gasteiger partial charge on any atom is -0.544 e. The summed E-state index contributed by atoms with van der Waals surface area (Å²) in [6.45, 7) is 4.45. The van der Waals surface area contributed by atoms with Gasteiger partial charge in [-0.1, -0.05) is 176 Å². The van der Waals surface area contributed by atoms with E-state index in [0.29, 0.717) is 12.8 Å². The molecule has 0 aliphatic rings. The summed E-state index contributed by atoms with van der Waals surface area (Å²) in [7, 11) is 5.38. The maximum absolute atomic E-state index is 12.8. The predicted molar refractivity (Wildman–Crippen MR) is 258 cm³/mol. The first-order valence-electron chi connectivity index (χ1n) is 24.6. The molecule has 0 radical (unpaired) electrons. The lowest BCUT2D eigenvalue weighted by atomic mass is 10.1. The molecule has 2 unspecified atom stereocenters. The van der Waals surface area contributed by atoms with Crippen molar-refractivity contribution < 1.29 is 38.2 Å². The van der Waals surface area contributed by atoms with E-state index in [-0.39, 0.29) is 49.1 Å². The van der Waals surface area contributed by atoms with Crippen LogP contribution in [0.15, 0.2) is 85.1 Å². The molecule has 0 bridgehead atoms. The van der Waals surface area contributed by atoms with E-state index in [2.05, 4.69) is 86.8 Å². The van der Waals surface area contributed by atoms with Gasteiger partial charge in [0.1, 0.15) is 12.6 Å². The number of quaternary nitrogens is 1. The molecule has 0 aromatic carbocycles. The standard InChI is InChI=1S/C54H91NO7/c1-6-8-10-12-14-16-18-20-22-24-25-26-27-28-29-31-33-35-37-39-41-43-45-53(57)62-50(48-60-47-46-51(54(58)59)55(3,4)5)49-61-52(56)44-42-40-38-36-34-32-30-23-21-19-17-15-13-11-9-7-2/h9,11,15,17,21,23-25,27-28,32,34,38,40,50-51H,6-8,10,12-14,16,18-20,22,26,29-31,33,35-37,39,41-49H2,1-5H3/b11-9+,17-15+,23-21+,25-24+,28-27+,34-32+,40-38+. The number of allylic oxidation sites excluding steroid dienone is 14. The van der Waals surface area contributed by atoms with Crippen LogP contribution in [0, 0.1) is 0 Å². The van der Waals surface area contributed by atoms with Crippen molar-refractivity contribution in [2.24, 2.45) is 0 Å². The normalized spacial score (nSPS) is 13.6. The van der Waals surface area contributed by atoms with Crippen molar-refractivity contribution in [1.82, 2.24) is 0 Å². The zero-order valence-electron chi connectivity index (χ0n) is 40.3. The summed E-state index contributed by atoms with van der Waals surface area (Å²) < 4.78 is 17.1. The van der Waals surface area contributed by atoms with Crippen molar-refractivity contribution >= 4 is 17.9 Å². The Kier molecular flexibility index (Phi) is 41.6. The third-order valence-electron chi connectivity index (χ3n) is 10.5. The number of hydrogen-bond acceptors (Lipinski definition) is 7. The van der Waals surface area contributed by atoms with Gasteiger partial charge in [-0.25, -0.2) is 0 Å². The molecule has 0 fully saturated rings. The number of aliphatic carboxylic acids is 1. The molecule has 2 atom stereocenters. The zero-order valence-corrected chi connectivity index (χ0v) is 40.3. The van der Waals surface area contributed by atoms with Crippen LogP contribution in [0.5, 0.6) is 0 Å². The van der Waals surface area contributed by atoms with Gasteiger partial charge >= 0.3 is 11.9 Å². The van der Waals surface area contributed by atoms with Gasteiger partial charge in [0.2, 0.25) is 0 Å². The summed E-state index contributed by atoms with van der Waals surface area (Å²) >= 11 is 0. The molecule has 0 heterocycles. The van der Waals surface area contributed by atoms with Gasteiger partial charge in [0.05, 0.1) is 40.3 Å². The third kappa shape index (κ3) is 41.8. The largest absolute Gasteiger partial charge is 0.544 e. The molecule has 0 aliphatic carbocycles. The first kappa shape index (κ1) is 58.5. The molecule has 0 rings (SSSR count).